The number of nitrogens with zero attached hydrogens (tertiary/aromatic N) is 3. The number of fused-ring (bicyclic) bond motifs is 1. The van der Waals surface area contributed by atoms with E-state index in [4.69, 9.17) is 11.6 Å². The Morgan fingerprint density at radius 2 is 1.79 bits per heavy atom. The van der Waals surface area contributed by atoms with Crippen molar-refractivity contribution in [1.29, 1.82) is 0 Å². The van der Waals surface area contributed by atoms with Crippen LogP contribution in [0.1, 0.15) is 0 Å². The first kappa shape index (κ1) is 14.5. The number of halogens is 1. The van der Waals surface area contributed by atoms with Gasteiger partial charge in [0, 0.05) is 12.4 Å². The second kappa shape index (κ2) is 5.54. The first-order valence-electron chi connectivity index (χ1n) is 7.26. The summed E-state index contributed by atoms with van der Waals surface area (Å²) in [5.41, 5.74) is 2.18. The first-order chi connectivity index (χ1) is 11.7. The van der Waals surface area contributed by atoms with Crippen molar-refractivity contribution in [3.8, 4) is 34.3 Å². The Kier molecular flexibility index (Phi) is 3.36. The first-order valence-corrected chi connectivity index (χ1v) is 7.64. The highest BCUT2D eigenvalue weighted by molar-refractivity contribution is 6.32. The molecule has 0 aliphatic rings. The molecule has 0 spiro atoms. The lowest BCUT2D eigenvalue weighted by Crippen LogP contribution is -1.89. The number of hydrogen-bond donors (Lipinski definition) is 2. The molecule has 4 aromatic rings. The molecule has 5 nitrogen and oxygen atoms in total. The monoisotopic (exact) mass is 337 g/mol. The van der Waals surface area contributed by atoms with E-state index in [0.717, 1.165) is 5.52 Å². The third kappa shape index (κ3) is 2.18. The van der Waals surface area contributed by atoms with Crippen molar-refractivity contribution in [2.24, 2.45) is 0 Å². The molecule has 0 radical (unpaired) electrons. The smallest absolute Gasteiger partial charge is 0.149 e. The molecule has 0 aliphatic heterocycles. The second-order valence-corrected chi connectivity index (χ2v) is 5.65. The van der Waals surface area contributed by atoms with Crippen LogP contribution in [-0.2, 0) is 0 Å². The lowest BCUT2D eigenvalue weighted by Gasteiger charge is -2.05. The zero-order valence-electron chi connectivity index (χ0n) is 12.4. The Balaban J connectivity index is 2.06. The van der Waals surface area contributed by atoms with Crippen LogP contribution in [0.3, 0.4) is 0 Å². The molecule has 0 unspecified atom stereocenters. The number of phenols is 1. The summed E-state index contributed by atoms with van der Waals surface area (Å²) in [6.45, 7) is 0. The van der Waals surface area contributed by atoms with Gasteiger partial charge in [-0.3, -0.25) is 9.38 Å². The lowest BCUT2D eigenvalue weighted by molar-refractivity contribution is 0.475. The molecule has 0 fully saturated rings. The average molecular weight is 338 g/mol. The van der Waals surface area contributed by atoms with Gasteiger partial charge in [0.25, 0.3) is 0 Å². The number of rotatable bonds is 2. The molecule has 3 aromatic heterocycles. The number of benzene rings is 1. The van der Waals surface area contributed by atoms with Gasteiger partial charge in [-0.15, -0.1) is 0 Å². The molecule has 3 heterocycles. The molecular formula is C18H12ClN3O2. The average Bonchev–Trinajstić information content (AvgIpc) is 2.97. The lowest BCUT2D eigenvalue weighted by atomic mass is 10.2. The van der Waals surface area contributed by atoms with Gasteiger partial charge < -0.3 is 10.2 Å². The van der Waals surface area contributed by atoms with Gasteiger partial charge in [0.15, 0.2) is 0 Å². The van der Waals surface area contributed by atoms with E-state index in [-0.39, 0.29) is 16.5 Å². The summed E-state index contributed by atoms with van der Waals surface area (Å²) in [5.74, 6) is 0.528. The number of para-hydroxylation sites is 1. The van der Waals surface area contributed by atoms with Crippen LogP contribution >= 0.6 is 11.6 Å². The zero-order chi connectivity index (χ0) is 16.7. The SMILES string of the molecule is Oc1cccnc1-c1nc(-c2cccc(Cl)c2O)n2ccccc12. The zero-order valence-corrected chi connectivity index (χ0v) is 13.1. The summed E-state index contributed by atoms with van der Waals surface area (Å²) < 4.78 is 1.83. The molecule has 6 heteroatoms. The Hall–Kier alpha value is -3.05. The van der Waals surface area contributed by atoms with Crippen molar-refractivity contribution in [2.75, 3.05) is 0 Å². The Morgan fingerprint density at radius 3 is 2.62 bits per heavy atom. The van der Waals surface area contributed by atoms with Crippen molar-refractivity contribution in [3.05, 3.63) is 65.9 Å². The summed E-state index contributed by atoms with van der Waals surface area (Å²) in [7, 11) is 0. The number of imidazole rings is 1. The summed E-state index contributed by atoms with van der Waals surface area (Å²) >= 11 is 6.02. The quantitative estimate of drug-likeness (QED) is 0.577. The van der Waals surface area contributed by atoms with E-state index in [9.17, 15) is 10.2 Å². The van der Waals surface area contributed by atoms with Crippen molar-refractivity contribution >= 4 is 17.1 Å². The molecule has 0 bridgehead atoms. The molecule has 0 amide bonds. The maximum atomic E-state index is 10.3. The van der Waals surface area contributed by atoms with E-state index in [1.54, 1.807) is 36.5 Å². The van der Waals surface area contributed by atoms with Crippen LogP contribution in [0.5, 0.6) is 11.5 Å². The van der Waals surface area contributed by atoms with E-state index in [2.05, 4.69) is 9.97 Å². The van der Waals surface area contributed by atoms with E-state index in [1.807, 2.05) is 28.8 Å². The summed E-state index contributed by atoms with van der Waals surface area (Å²) in [4.78, 5) is 8.85. The van der Waals surface area contributed by atoms with E-state index in [1.165, 1.54) is 0 Å². The normalized spacial score (nSPS) is 11.0. The fraction of sp³-hybridized carbons (Fsp3) is 0. The summed E-state index contributed by atoms with van der Waals surface area (Å²) in [6.07, 6.45) is 3.43. The van der Waals surface area contributed by atoms with Gasteiger partial charge >= 0.3 is 0 Å². The highest BCUT2D eigenvalue weighted by Gasteiger charge is 2.19. The second-order valence-electron chi connectivity index (χ2n) is 5.25. The molecule has 0 saturated carbocycles. The van der Waals surface area contributed by atoms with Gasteiger partial charge in [0.2, 0.25) is 0 Å². The van der Waals surface area contributed by atoms with Crippen LogP contribution in [0.25, 0.3) is 28.3 Å². The maximum Gasteiger partial charge on any atom is 0.149 e. The molecule has 0 atom stereocenters. The minimum absolute atomic E-state index is 0.0355. The predicted molar refractivity (Wildman–Crippen MR) is 92.2 cm³/mol. The number of hydrogen-bond acceptors (Lipinski definition) is 4. The van der Waals surface area contributed by atoms with Gasteiger partial charge in [-0.2, -0.15) is 0 Å². The molecule has 1 aromatic carbocycles. The Bertz CT molecular complexity index is 1060. The topological polar surface area (TPSA) is 70.7 Å². The third-order valence-electron chi connectivity index (χ3n) is 3.79. The number of aromatic nitrogens is 3. The van der Waals surface area contributed by atoms with Crippen LogP contribution < -0.4 is 0 Å². The highest BCUT2D eigenvalue weighted by atomic mass is 35.5. The van der Waals surface area contributed by atoms with Crippen LogP contribution in [0.4, 0.5) is 0 Å². The van der Waals surface area contributed by atoms with Gasteiger partial charge in [-0.25, -0.2) is 4.98 Å². The predicted octanol–water partition coefficient (Wildman–Crippen LogP) is 4.13. The molecule has 0 aliphatic carbocycles. The van der Waals surface area contributed by atoms with Crippen LogP contribution in [0, 0.1) is 0 Å². The summed E-state index contributed by atoms with van der Waals surface area (Å²) in [6, 6.07) is 13.9. The van der Waals surface area contributed by atoms with Gasteiger partial charge in [0.05, 0.1) is 16.1 Å². The van der Waals surface area contributed by atoms with Crippen LogP contribution in [0.15, 0.2) is 60.9 Å². The summed E-state index contributed by atoms with van der Waals surface area (Å²) in [5, 5.41) is 20.7. The fourth-order valence-electron chi connectivity index (χ4n) is 2.68. The number of pyridine rings is 2. The van der Waals surface area contributed by atoms with Gasteiger partial charge in [-0.1, -0.05) is 23.7 Å². The van der Waals surface area contributed by atoms with E-state index >= 15 is 0 Å². The minimum atomic E-state index is -0.0355. The number of phenolic OH excluding ortho intramolecular Hbond substituents is 1. The molecule has 2 N–H and O–H groups in total. The van der Waals surface area contributed by atoms with Crippen molar-refractivity contribution in [2.45, 2.75) is 0 Å². The largest absolute Gasteiger partial charge is 0.506 e. The van der Waals surface area contributed by atoms with Crippen molar-refractivity contribution < 1.29 is 10.2 Å². The molecule has 118 valence electrons. The molecule has 0 saturated heterocycles. The van der Waals surface area contributed by atoms with Crippen LogP contribution in [-0.4, -0.2) is 24.6 Å². The van der Waals surface area contributed by atoms with E-state index in [0.29, 0.717) is 22.8 Å². The van der Waals surface area contributed by atoms with Gasteiger partial charge in [-0.05, 0) is 36.4 Å². The Morgan fingerprint density at radius 1 is 0.917 bits per heavy atom. The van der Waals surface area contributed by atoms with Crippen LogP contribution in [0.2, 0.25) is 5.02 Å². The maximum absolute atomic E-state index is 10.3. The van der Waals surface area contributed by atoms with Crippen molar-refractivity contribution in [3.63, 3.8) is 0 Å². The molecular weight excluding hydrogens is 326 g/mol. The van der Waals surface area contributed by atoms with Crippen molar-refractivity contribution in [1.82, 2.24) is 14.4 Å². The molecule has 4 rings (SSSR count). The fourth-order valence-corrected chi connectivity index (χ4v) is 2.85. The minimum Gasteiger partial charge on any atom is -0.506 e. The Labute approximate surface area is 142 Å². The standard InChI is InChI=1S/C18H12ClN3O2/c19-12-6-3-5-11(17(12)24)18-21-15(13-7-1-2-10-22(13)18)16-14(23)8-4-9-20-16/h1-10,23-24H. The van der Waals surface area contributed by atoms with E-state index < -0.39 is 0 Å². The molecule has 24 heavy (non-hydrogen) atoms. The number of aromatic hydroxyl groups is 2. The third-order valence-corrected chi connectivity index (χ3v) is 4.09. The highest BCUT2D eigenvalue weighted by Crippen LogP contribution is 2.38. The van der Waals surface area contributed by atoms with Gasteiger partial charge in [0.1, 0.15) is 28.7 Å².